The lowest BCUT2D eigenvalue weighted by Crippen LogP contribution is -2.23. The molecule has 0 bridgehead atoms. The van der Waals surface area contributed by atoms with Gasteiger partial charge in [0.1, 0.15) is 11.9 Å². The average Bonchev–Trinajstić information content (AvgIpc) is 3.36. The highest BCUT2D eigenvalue weighted by Gasteiger charge is 2.25. The van der Waals surface area contributed by atoms with Crippen LogP contribution in [0.25, 0.3) is 11.4 Å². The molecule has 0 saturated carbocycles. The fourth-order valence-electron chi connectivity index (χ4n) is 3.11. The Balaban J connectivity index is 1.80. The minimum Gasteiger partial charge on any atom is -0.493 e. The van der Waals surface area contributed by atoms with Crippen molar-refractivity contribution in [2.24, 2.45) is 7.05 Å². The van der Waals surface area contributed by atoms with Crippen molar-refractivity contribution in [3.05, 3.63) is 80.9 Å². The van der Waals surface area contributed by atoms with E-state index in [0.717, 1.165) is 19.5 Å². The van der Waals surface area contributed by atoms with Crippen LogP contribution in [0.15, 0.2) is 64.0 Å². The van der Waals surface area contributed by atoms with Crippen molar-refractivity contribution in [2.75, 3.05) is 6.61 Å². The van der Waals surface area contributed by atoms with Gasteiger partial charge in [-0.2, -0.15) is 14.5 Å². The van der Waals surface area contributed by atoms with Crippen LogP contribution < -0.4 is 10.4 Å². The number of ether oxygens (including phenoxy) is 1. The van der Waals surface area contributed by atoms with Crippen molar-refractivity contribution in [1.29, 1.82) is 0 Å². The van der Waals surface area contributed by atoms with Crippen molar-refractivity contribution in [3.63, 3.8) is 0 Å². The molecule has 2 heterocycles. The largest absolute Gasteiger partial charge is 0.493 e. The lowest BCUT2D eigenvalue weighted by molar-refractivity contribution is 0.206. The molecule has 0 saturated heterocycles. The van der Waals surface area contributed by atoms with Crippen molar-refractivity contribution >= 4 is 15.9 Å². The van der Waals surface area contributed by atoms with E-state index < -0.39 is 11.8 Å². The molecule has 30 heavy (non-hydrogen) atoms. The summed E-state index contributed by atoms with van der Waals surface area (Å²) in [5.74, 6) is 0.443. The maximum Gasteiger partial charge on any atom is 0.368 e. The van der Waals surface area contributed by atoms with Crippen LogP contribution in [0.5, 0.6) is 5.75 Å². The number of tetrazole rings is 1. The van der Waals surface area contributed by atoms with Gasteiger partial charge in [-0.1, -0.05) is 22.0 Å². The fraction of sp³-hybridized carbons (Fsp3) is 0.200. The summed E-state index contributed by atoms with van der Waals surface area (Å²) in [5, 5.41) is 23.4. The van der Waals surface area contributed by atoms with Gasteiger partial charge >= 0.3 is 5.69 Å². The molecular weight excluding hydrogens is 452 g/mol. The van der Waals surface area contributed by atoms with Gasteiger partial charge in [-0.25, -0.2) is 9.48 Å². The SMILES string of the molecule is CCOc1cccc(-n2nnn(C)c2=O)c1C(O)c1ccn(-c2ccc(Br)cc2)n1. The number of benzene rings is 2. The zero-order valence-electron chi connectivity index (χ0n) is 16.3. The Kier molecular flexibility index (Phi) is 5.51. The molecule has 4 aromatic rings. The molecular formula is C20H19BrN6O3. The van der Waals surface area contributed by atoms with E-state index >= 15 is 0 Å². The van der Waals surface area contributed by atoms with E-state index in [2.05, 4.69) is 31.5 Å². The molecule has 2 aromatic heterocycles. The Morgan fingerprint density at radius 3 is 2.57 bits per heavy atom. The molecule has 0 fully saturated rings. The van der Waals surface area contributed by atoms with Crippen LogP contribution in [-0.2, 0) is 7.05 Å². The molecule has 10 heteroatoms. The summed E-state index contributed by atoms with van der Waals surface area (Å²) in [5.41, 5.74) is 1.59. The van der Waals surface area contributed by atoms with E-state index in [0.29, 0.717) is 29.3 Å². The van der Waals surface area contributed by atoms with Gasteiger partial charge in [0, 0.05) is 17.7 Å². The number of rotatable bonds is 6. The number of aryl methyl sites for hydroxylation is 1. The maximum absolute atomic E-state index is 12.4. The zero-order valence-corrected chi connectivity index (χ0v) is 17.9. The van der Waals surface area contributed by atoms with E-state index in [1.54, 1.807) is 35.1 Å². The van der Waals surface area contributed by atoms with Gasteiger partial charge in [0.05, 0.1) is 29.2 Å². The van der Waals surface area contributed by atoms with Gasteiger partial charge in [-0.05, 0) is 59.8 Å². The number of hydrogen-bond acceptors (Lipinski definition) is 6. The van der Waals surface area contributed by atoms with Crippen LogP contribution in [0.4, 0.5) is 0 Å². The monoisotopic (exact) mass is 470 g/mol. The Hall–Kier alpha value is -3.24. The summed E-state index contributed by atoms with van der Waals surface area (Å²) in [6.45, 7) is 2.24. The Bertz CT molecular complexity index is 1230. The molecule has 154 valence electrons. The quantitative estimate of drug-likeness (QED) is 0.464. The second kappa shape index (κ2) is 8.25. The molecule has 2 aromatic carbocycles. The second-order valence-corrected chi connectivity index (χ2v) is 7.40. The van der Waals surface area contributed by atoms with Gasteiger partial charge < -0.3 is 9.84 Å². The Labute approximate surface area is 180 Å². The minimum atomic E-state index is -1.15. The van der Waals surface area contributed by atoms with Crippen molar-refractivity contribution < 1.29 is 9.84 Å². The third-order valence-electron chi connectivity index (χ3n) is 4.55. The molecule has 4 rings (SSSR count). The molecule has 1 atom stereocenters. The van der Waals surface area contributed by atoms with Gasteiger partial charge in [0.15, 0.2) is 0 Å². The summed E-state index contributed by atoms with van der Waals surface area (Å²) in [6, 6.07) is 14.5. The zero-order chi connectivity index (χ0) is 21.3. The topological polar surface area (TPSA) is 100.0 Å². The Morgan fingerprint density at radius 2 is 1.90 bits per heavy atom. The number of aliphatic hydroxyl groups excluding tert-OH is 1. The van der Waals surface area contributed by atoms with Crippen LogP contribution in [0.2, 0.25) is 0 Å². The molecule has 1 unspecified atom stereocenters. The number of halogens is 1. The smallest absolute Gasteiger partial charge is 0.368 e. The van der Waals surface area contributed by atoms with Crippen LogP contribution in [0, 0.1) is 0 Å². The van der Waals surface area contributed by atoms with Crippen LogP contribution >= 0.6 is 15.9 Å². The third-order valence-corrected chi connectivity index (χ3v) is 5.08. The molecule has 0 aliphatic carbocycles. The van der Waals surface area contributed by atoms with Crippen molar-refractivity contribution in [2.45, 2.75) is 13.0 Å². The molecule has 0 amide bonds. The number of aliphatic hydroxyl groups is 1. The van der Waals surface area contributed by atoms with Gasteiger partial charge in [-0.15, -0.1) is 0 Å². The summed E-state index contributed by atoms with van der Waals surface area (Å²) in [4.78, 5) is 12.4. The van der Waals surface area contributed by atoms with Crippen molar-refractivity contribution in [3.8, 4) is 17.1 Å². The van der Waals surface area contributed by atoms with Crippen LogP contribution in [-0.4, -0.2) is 41.3 Å². The Morgan fingerprint density at radius 1 is 1.13 bits per heavy atom. The number of aromatic nitrogens is 6. The normalized spacial score (nSPS) is 12.1. The van der Waals surface area contributed by atoms with E-state index in [-0.39, 0.29) is 0 Å². The van der Waals surface area contributed by atoms with Gasteiger partial charge in [-0.3, -0.25) is 0 Å². The molecule has 9 nitrogen and oxygen atoms in total. The van der Waals surface area contributed by atoms with Crippen molar-refractivity contribution in [1.82, 2.24) is 29.6 Å². The van der Waals surface area contributed by atoms with Gasteiger partial charge in [0.25, 0.3) is 0 Å². The molecule has 0 radical (unpaired) electrons. The predicted octanol–water partition coefficient (Wildman–Crippen LogP) is 2.39. The van der Waals surface area contributed by atoms with Gasteiger partial charge in [0.2, 0.25) is 0 Å². The highest BCUT2D eigenvalue weighted by atomic mass is 79.9. The molecule has 0 aliphatic rings. The average molecular weight is 471 g/mol. The third kappa shape index (κ3) is 3.66. The van der Waals surface area contributed by atoms with E-state index in [1.807, 2.05) is 31.2 Å². The molecule has 0 spiro atoms. The lowest BCUT2D eigenvalue weighted by atomic mass is 10.0. The predicted molar refractivity (Wildman–Crippen MR) is 113 cm³/mol. The highest BCUT2D eigenvalue weighted by molar-refractivity contribution is 9.10. The summed E-state index contributed by atoms with van der Waals surface area (Å²) < 4.78 is 10.6. The number of nitrogens with zero attached hydrogens (tertiary/aromatic N) is 6. The first-order chi connectivity index (χ1) is 14.5. The fourth-order valence-corrected chi connectivity index (χ4v) is 3.37. The number of hydrogen-bond donors (Lipinski definition) is 1. The molecule has 0 aliphatic heterocycles. The standard InChI is InChI=1S/C20H19BrN6O3/c1-3-30-17-6-4-5-16(27-20(29)25(2)23-24-27)18(17)19(28)15-11-12-26(22-15)14-9-7-13(21)8-10-14/h4-12,19,28H,3H2,1-2H3. The van der Waals surface area contributed by atoms with Crippen LogP contribution in [0.1, 0.15) is 24.3 Å². The van der Waals surface area contributed by atoms with Crippen LogP contribution in [0.3, 0.4) is 0 Å². The first kappa shape index (κ1) is 20.0. The summed E-state index contributed by atoms with van der Waals surface area (Å²) >= 11 is 3.41. The minimum absolute atomic E-state index is 0.379. The molecule has 1 N–H and O–H groups in total. The first-order valence-electron chi connectivity index (χ1n) is 9.24. The lowest BCUT2D eigenvalue weighted by Gasteiger charge is -2.17. The second-order valence-electron chi connectivity index (χ2n) is 6.48. The summed E-state index contributed by atoms with van der Waals surface area (Å²) in [6.07, 6.45) is 0.618. The first-order valence-corrected chi connectivity index (χ1v) is 10.0. The summed E-state index contributed by atoms with van der Waals surface area (Å²) in [7, 11) is 1.51. The van der Waals surface area contributed by atoms with E-state index in [4.69, 9.17) is 4.74 Å². The highest BCUT2D eigenvalue weighted by Crippen LogP contribution is 2.34. The van der Waals surface area contributed by atoms with E-state index in [1.165, 1.54) is 7.05 Å². The van der Waals surface area contributed by atoms with E-state index in [9.17, 15) is 9.90 Å². The maximum atomic E-state index is 12.4.